The Bertz CT molecular complexity index is 537. The lowest BCUT2D eigenvalue weighted by atomic mass is 10.2. The number of benzene rings is 1. The predicted molar refractivity (Wildman–Crippen MR) is 77.5 cm³/mol. The van der Waals surface area contributed by atoms with Gasteiger partial charge < -0.3 is 5.32 Å². The molecule has 1 heterocycles. The number of para-hydroxylation sites is 1. The molecule has 1 aromatic carbocycles. The summed E-state index contributed by atoms with van der Waals surface area (Å²) >= 11 is 0. The lowest BCUT2D eigenvalue weighted by Gasteiger charge is -2.17. The van der Waals surface area contributed by atoms with E-state index in [1.165, 1.54) is 4.90 Å². The summed E-state index contributed by atoms with van der Waals surface area (Å²) in [4.78, 5) is 17.8. The summed E-state index contributed by atoms with van der Waals surface area (Å²) in [6.45, 7) is 2.07. The molecule has 0 unspecified atom stereocenters. The molecule has 0 bridgehead atoms. The lowest BCUT2D eigenvalue weighted by Crippen LogP contribution is -2.31. The first kappa shape index (κ1) is 13.1. The number of nitrogens with zero attached hydrogens (tertiary/aromatic N) is 2. The van der Waals surface area contributed by atoms with E-state index in [9.17, 15) is 4.79 Å². The third-order valence-corrected chi connectivity index (χ3v) is 2.89. The Morgan fingerprint density at radius 2 is 1.95 bits per heavy atom. The zero-order chi connectivity index (χ0) is 13.7. The summed E-state index contributed by atoms with van der Waals surface area (Å²) in [6.07, 6.45) is 2.73. The van der Waals surface area contributed by atoms with Crippen LogP contribution in [0.5, 0.6) is 0 Å². The average molecular weight is 255 g/mol. The zero-order valence-electron chi connectivity index (χ0n) is 11.1. The zero-order valence-corrected chi connectivity index (χ0v) is 11.1. The third-order valence-electron chi connectivity index (χ3n) is 2.89. The summed E-state index contributed by atoms with van der Waals surface area (Å²) < 4.78 is 0. The van der Waals surface area contributed by atoms with Crippen LogP contribution in [-0.4, -0.2) is 18.1 Å². The van der Waals surface area contributed by atoms with Crippen LogP contribution in [0.1, 0.15) is 12.5 Å². The van der Waals surface area contributed by atoms with Crippen molar-refractivity contribution >= 4 is 17.5 Å². The number of carbonyl (C=O) groups excluding carboxylic acids is 1. The first-order valence-electron chi connectivity index (χ1n) is 6.25. The van der Waals surface area contributed by atoms with Crippen LogP contribution in [0.25, 0.3) is 0 Å². The highest BCUT2D eigenvalue weighted by molar-refractivity contribution is 6.00. The standard InChI is InChI=1S/C15H17N3O/c1-3-12-9-10-14(16-11-12)18(2)15(19)17-13-7-5-4-6-8-13/h4-11H,3H2,1-2H3,(H,17,19). The minimum Gasteiger partial charge on any atom is -0.308 e. The van der Waals surface area contributed by atoms with Gasteiger partial charge >= 0.3 is 6.03 Å². The fourth-order valence-corrected chi connectivity index (χ4v) is 1.66. The number of urea groups is 1. The molecular formula is C15H17N3O. The van der Waals surface area contributed by atoms with E-state index in [2.05, 4.69) is 17.2 Å². The van der Waals surface area contributed by atoms with Gasteiger partial charge in [0, 0.05) is 18.9 Å². The highest BCUT2D eigenvalue weighted by Gasteiger charge is 2.11. The molecule has 0 aliphatic carbocycles. The average Bonchev–Trinajstić information content (AvgIpc) is 2.47. The number of aromatic nitrogens is 1. The van der Waals surface area contributed by atoms with Crippen molar-refractivity contribution in [2.75, 3.05) is 17.3 Å². The second kappa shape index (κ2) is 6.00. The van der Waals surface area contributed by atoms with E-state index in [1.807, 2.05) is 42.5 Å². The maximum atomic E-state index is 12.0. The largest absolute Gasteiger partial charge is 0.327 e. The highest BCUT2D eigenvalue weighted by atomic mass is 16.2. The van der Waals surface area contributed by atoms with Crippen LogP contribution in [0.15, 0.2) is 48.7 Å². The minimum absolute atomic E-state index is 0.206. The molecule has 4 heteroatoms. The number of hydrogen-bond donors (Lipinski definition) is 1. The van der Waals surface area contributed by atoms with Gasteiger partial charge in [0.25, 0.3) is 0 Å². The van der Waals surface area contributed by atoms with Crippen LogP contribution in [0.2, 0.25) is 0 Å². The van der Waals surface area contributed by atoms with Gasteiger partial charge in [-0.25, -0.2) is 9.78 Å². The number of aryl methyl sites for hydroxylation is 1. The van der Waals surface area contributed by atoms with Crippen molar-refractivity contribution in [3.8, 4) is 0 Å². The molecule has 0 saturated carbocycles. The minimum atomic E-state index is -0.206. The summed E-state index contributed by atoms with van der Waals surface area (Å²) in [6, 6.07) is 13.0. The van der Waals surface area contributed by atoms with E-state index < -0.39 is 0 Å². The van der Waals surface area contributed by atoms with Crippen molar-refractivity contribution in [1.29, 1.82) is 0 Å². The van der Waals surface area contributed by atoms with Crippen LogP contribution in [0, 0.1) is 0 Å². The quantitative estimate of drug-likeness (QED) is 0.914. The van der Waals surface area contributed by atoms with Crippen LogP contribution < -0.4 is 10.2 Å². The van der Waals surface area contributed by atoms with Crippen LogP contribution in [0.4, 0.5) is 16.3 Å². The number of pyridine rings is 1. The first-order chi connectivity index (χ1) is 9.20. The van der Waals surface area contributed by atoms with E-state index in [0.717, 1.165) is 17.7 Å². The summed E-state index contributed by atoms with van der Waals surface area (Å²) in [5.41, 5.74) is 1.92. The smallest absolute Gasteiger partial charge is 0.308 e. The van der Waals surface area contributed by atoms with E-state index in [4.69, 9.17) is 0 Å². The van der Waals surface area contributed by atoms with Gasteiger partial charge in [-0.15, -0.1) is 0 Å². The Morgan fingerprint density at radius 1 is 1.21 bits per heavy atom. The van der Waals surface area contributed by atoms with Crippen LogP contribution in [0.3, 0.4) is 0 Å². The lowest BCUT2D eigenvalue weighted by molar-refractivity contribution is 0.258. The number of amides is 2. The molecule has 0 fully saturated rings. The number of hydrogen-bond acceptors (Lipinski definition) is 2. The molecule has 1 N–H and O–H groups in total. The molecule has 19 heavy (non-hydrogen) atoms. The van der Waals surface area contributed by atoms with Gasteiger partial charge in [0.05, 0.1) is 0 Å². The van der Waals surface area contributed by atoms with Crippen molar-refractivity contribution in [2.45, 2.75) is 13.3 Å². The Labute approximate surface area is 113 Å². The molecule has 98 valence electrons. The van der Waals surface area contributed by atoms with Crippen molar-refractivity contribution in [3.05, 3.63) is 54.2 Å². The molecule has 0 saturated heterocycles. The van der Waals surface area contributed by atoms with Crippen molar-refractivity contribution in [1.82, 2.24) is 4.98 Å². The predicted octanol–water partition coefficient (Wildman–Crippen LogP) is 3.31. The Balaban J connectivity index is 2.06. The molecule has 2 aromatic rings. The fourth-order valence-electron chi connectivity index (χ4n) is 1.66. The topological polar surface area (TPSA) is 45.2 Å². The molecular weight excluding hydrogens is 238 g/mol. The number of nitrogens with one attached hydrogen (secondary N) is 1. The monoisotopic (exact) mass is 255 g/mol. The Morgan fingerprint density at radius 3 is 2.53 bits per heavy atom. The van der Waals surface area contributed by atoms with Gasteiger partial charge in [-0.05, 0) is 30.2 Å². The second-order valence-electron chi connectivity index (χ2n) is 4.23. The maximum absolute atomic E-state index is 12.0. The molecule has 0 aliphatic heterocycles. The molecule has 2 rings (SSSR count). The summed E-state index contributed by atoms with van der Waals surface area (Å²) in [5, 5.41) is 2.82. The number of rotatable bonds is 3. The normalized spacial score (nSPS) is 10.0. The highest BCUT2D eigenvalue weighted by Crippen LogP contribution is 2.12. The Hall–Kier alpha value is -2.36. The number of carbonyl (C=O) groups is 1. The van der Waals surface area contributed by atoms with Crippen LogP contribution in [-0.2, 0) is 6.42 Å². The maximum Gasteiger partial charge on any atom is 0.327 e. The van der Waals surface area contributed by atoms with Crippen LogP contribution >= 0.6 is 0 Å². The van der Waals surface area contributed by atoms with Gasteiger partial charge in [-0.1, -0.05) is 31.2 Å². The molecule has 0 spiro atoms. The SMILES string of the molecule is CCc1ccc(N(C)C(=O)Nc2ccccc2)nc1. The number of anilines is 2. The van der Waals surface area contributed by atoms with Gasteiger partial charge in [0.2, 0.25) is 0 Å². The fraction of sp³-hybridized carbons (Fsp3) is 0.200. The summed E-state index contributed by atoms with van der Waals surface area (Å²) in [7, 11) is 1.70. The van der Waals surface area contributed by atoms with Gasteiger partial charge in [0.1, 0.15) is 5.82 Å². The van der Waals surface area contributed by atoms with Gasteiger partial charge in [-0.3, -0.25) is 4.90 Å². The molecule has 2 amide bonds. The van der Waals surface area contributed by atoms with E-state index in [0.29, 0.717) is 5.82 Å². The molecule has 1 aromatic heterocycles. The summed E-state index contributed by atoms with van der Waals surface area (Å²) in [5.74, 6) is 0.630. The van der Waals surface area contributed by atoms with Crippen molar-refractivity contribution in [2.24, 2.45) is 0 Å². The van der Waals surface area contributed by atoms with Crippen molar-refractivity contribution in [3.63, 3.8) is 0 Å². The van der Waals surface area contributed by atoms with Crippen molar-refractivity contribution < 1.29 is 4.79 Å². The van der Waals surface area contributed by atoms with Gasteiger partial charge in [-0.2, -0.15) is 0 Å². The molecule has 0 atom stereocenters. The Kier molecular flexibility index (Phi) is 4.13. The van der Waals surface area contributed by atoms with E-state index in [1.54, 1.807) is 13.2 Å². The second-order valence-corrected chi connectivity index (χ2v) is 4.23. The molecule has 0 radical (unpaired) electrons. The van der Waals surface area contributed by atoms with E-state index >= 15 is 0 Å². The third kappa shape index (κ3) is 3.31. The molecule has 4 nitrogen and oxygen atoms in total. The van der Waals surface area contributed by atoms with E-state index in [-0.39, 0.29) is 6.03 Å². The first-order valence-corrected chi connectivity index (χ1v) is 6.25. The molecule has 0 aliphatic rings. The van der Waals surface area contributed by atoms with Gasteiger partial charge in [0.15, 0.2) is 0 Å².